The summed E-state index contributed by atoms with van der Waals surface area (Å²) in [5.74, 6) is 0.854. The number of hydrogen-bond donors (Lipinski definition) is 1. The van der Waals surface area contributed by atoms with Gasteiger partial charge in [0, 0.05) is 17.5 Å². The monoisotopic (exact) mass is 297 g/mol. The Hall–Kier alpha value is -2.40. The number of anilines is 1. The summed E-state index contributed by atoms with van der Waals surface area (Å²) in [4.78, 5) is 9.90. The van der Waals surface area contributed by atoms with E-state index in [4.69, 9.17) is 10.5 Å². The molecule has 0 aliphatic rings. The first-order chi connectivity index (χ1) is 10.3. The van der Waals surface area contributed by atoms with E-state index in [-0.39, 0.29) is 0 Å². The van der Waals surface area contributed by atoms with Gasteiger partial charge in [0.25, 0.3) is 0 Å². The zero-order chi connectivity index (χ0) is 14.7. The molecular formula is C16H15N3OS. The molecule has 2 aromatic heterocycles. The van der Waals surface area contributed by atoms with E-state index in [1.807, 2.05) is 30.3 Å². The minimum Gasteiger partial charge on any atom is -0.497 e. The Bertz CT molecular complexity index is 723. The molecule has 1 aromatic carbocycles. The first-order valence-electron chi connectivity index (χ1n) is 6.56. The summed E-state index contributed by atoms with van der Waals surface area (Å²) in [6.07, 6.45) is 2.55. The third-order valence-electron chi connectivity index (χ3n) is 3.15. The number of nitrogens with zero attached hydrogens (tertiary/aromatic N) is 2. The molecule has 0 amide bonds. The Morgan fingerprint density at radius 1 is 1.14 bits per heavy atom. The Morgan fingerprint density at radius 3 is 2.62 bits per heavy atom. The van der Waals surface area contributed by atoms with E-state index < -0.39 is 0 Å². The molecule has 5 heteroatoms. The van der Waals surface area contributed by atoms with Gasteiger partial charge in [-0.05, 0) is 29.8 Å². The molecule has 2 N–H and O–H groups in total. The average molecular weight is 297 g/mol. The summed E-state index contributed by atoms with van der Waals surface area (Å²) in [7, 11) is 1.66. The highest BCUT2D eigenvalue weighted by Gasteiger charge is 2.13. The number of thiazole rings is 1. The van der Waals surface area contributed by atoms with Gasteiger partial charge in [0.2, 0.25) is 0 Å². The van der Waals surface area contributed by atoms with Gasteiger partial charge in [-0.15, -0.1) is 11.3 Å². The van der Waals surface area contributed by atoms with E-state index in [0.29, 0.717) is 5.13 Å². The van der Waals surface area contributed by atoms with Gasteiger partial charge in [-0.25, -0.2) is 4.98 Å². The van der Waals surface area contributed by atoms with Crippen LogP contribution in [-0.4, -0.2) is 17.1 Å². The molecule has 0 bridgehead atoms. The van der Waals surface area contributed by atoms with Crippen molar-refractivity contribution in [1.82, 2.24) is 9.97 Å². The van der Waals surface area contributed by atoms with E-state index in [2.05, 4.69) is 22.1 Å². The second-order valence-corrected chi connectivity index (χ2v) is 5.68. The highest BCUT2D eigenvalue weighted by molar-refractivity contribution is 7.15. The molecule has 4 nitrogen and oxygen atoms in total. The lowest BCUT2D eigenvalue weighted by atomic mass is 10.1. The molecule has 0 aliphatic heterocycles. The number of rotatable bonds is 4. The first kappa shape index (κ1) is 13.6. The van der Waals surface area contributed by atoms with E-state index >= 15 is 0 Å². The SMILES string of the molecule is COc1ccc(Cc2sc(N)nc2-c2ccccn2)cc1. The fourth-order valence-electron chi connectivity index (χ4n) is 2.12. The van der Waals surface area contributed by atoms with Crippen molar-refractivity contribution in [3.63, 3.8) is 0 Å². The summed E-state index contributed by atoms with van der Waals surface area (Å²) in [5, 5.41) is 0.569. The first-order valence-corrected chi connectivity index (χ1v) is 7.37. The number of ether oxygens (including phenoxy) is 1. The molecular weight excluding hydrogens is 282 g/mol. The topological polar surface area (TPSA) is 61.0 Å². The van der Waals surface area contributed by atoms with E-state index in [1.54, 1.807) is 13.3 Å². The number of benzene rings is 1. The zero-order valence-corrected chi connectivity index (χ0v) is 12.4. The van der Waals surface area contributed by atoms with Gasteiger partial charge in [-0.2, -0.15) is 0 Å². The van der Waals surface area contributed by atoms with E-state index in [0.717, 1.165) is 28.4 Å². The van der Waals surface area contributed by atoms with Gasteiger partial charge in [0.1, 0.15) is 11.4 Å². The molecule has 0 spiro atoms. The zero-order valence-electron chi connectivity index (χ0n) is 11.6. The standard InChI is InChI=1S/C16H15N3OS/c1-20-12-7-5-11(6-8-12)10-14-15(19-16(17)21-14)13-4-2-3-9-18-13/h2-9H,10H2,1H3,(H2,17,19). The summed E-state index contributed by atoms with van der Waals surface area (Å²) in [5.41, 5.74) is 8.79. The van der Waals surface area contributed by atoms with Crippen LogP contribution in [0.15, 0.2) is 48.7 Å². The number of hydrogen-bond acceptors (Lipinski definition) is 5. The molecule has 106 valence electrons. The van der Waals surface area contributed by atoms with Crippen LogP contribution in [0.5, 0.6) is 5.75 Å². The molecule has 0 saturated heterocycles. The maximum atomic E-state index is 5.88. The van der Waals surface area contributed by atoms with Crippen LogP contribution in [0.2, 0.25) is 0 Å². The lowest BCUT2D eigenvalue weighted by Gasteiger charge is -2.04. The third-order valence-corrected chi connectivity index (χ3v) is 4.03. The lowest BCUT2D eigenvalue weighted by molar-refractivity contribution is 0.414. The van der Waals surface area contributed by atoms with Crippen molar-refractivity contribution >= 4 is 16.5 Å². The quantitative estimate of drug-likeness (QED) is 0.802. The summed E-state index contributed by atoms with van der Waals surface area (Å²) in [6, 6.07) is 13.8. The van der Waals surface area contributed by atoms with Crippen molar-refractivity contribution < 1.29 is 4.74 Å². The Kier molecular flexibility index (Phi) is 3.83. The van der Waals surface area contributed by atoms with Crippen molar-refractivity contribution in [2.24, 2.45) is 0 Å². The maximum absolute atomic E-state index is 5.88. The minimum atomic E-state index is 0.569. The van der Waals surface area contributed by atoms with Crippen LogP contribution in [0.3, 0.4) is 0 Å². The highest BCUT2D eigenvalue weighted by Crippen LogP contribution is 2.30. The van der Waals surface area contributed by atoms with Gasteiger partial charge >= 0.3 is 0 Å². The van der Waals surface area contributed by atoms with E-state index in [1.165, 1.54) is 16.9 Å². The molecule has 0 fully saturated rings. The molecule has 0 aliphatic carbocycles. The molecule has 2 heterocycles. The number of pyridine rings is 1. The van der Waals surface area contributed by atoms with Crippen LogP contribution in [0, 0.1) is 0 Å². The normalized spacial score (nSPS) is 10.5. The molecule has 3 aromatic rings. The van der Waals surface area contributed by atoms with Crippen molar-refractivity contribution in [2.75, 3.05) is 12.8 Å². The Morgan fingerprint density at radius 2 is 1.95 bits per heavy atom. The van der Waals surface area contributed by atoms with Crippen LogP contribution in [0.25, 0.3) is 11.4 Å². The predicted molar refractivity (Wildman–Crippen MR) is 85.6 cm³/mol. The average Bonchev–Trinajstić information content (AvgIpc) is 2.89. The summed E-state index contributed by atoms with van der Waals surface area (Å²) >= 11 is 1.51. The molecule has 0 saturated carbocycles. The molecule has 3 rings (SSSR count). The summed E-state index contributed by atoms with van der Waals surface area (Å²) < 4.78 is 5.18. The smallest absolute Gasteiger partial charge is 0.180 e. The minimum absolute atomic E-state index is 0.569. The van der Waals surface area contributed by atoms with Crippen molar-refractivity contribution in [3.05, 3.63) is 59.1 Å². The van der Waals surface area contributed by atoms with Gasteiger partial charge in [0.05, 0.1) is 12.8 Å². The molecule has 21 heavy (non-hydrogen) atoms. The number of aromatic nitrogens is 2. The number of methoxy groups -OCH3 is 1. The second-order valence-electron chi connectivity index (χ2n) is 4.56. The highest BCUT2D eigenvalue weighted by atomic mass is 32.1. The lowest BCUT2D eigenvalue weighted by Crippen LogP contribution is -1.91. The predicted octanol–water partition coefficient (Wildman–Crippen LogP) is 3.39. The number of nitrogens with two attached hydrogens (primary N) is 1. The van der Waals surface area contributed by atoms with Crippen LogP contribution >= 0.6 is 11.3 Å². The van der Waals surface area contributed by atoms with Crippen molar-refractivity contribution in [1.29, 1.82) is 0 Å². The van der Waals surface area contributed by atoms with Crippen molar-refractivity contribution in [2.45, 2.75) is 6.42 Å². The Balaban J connectivity index is 1.92. The van der Waals surface area contributed by atoms with Crippen LogP contribution < -0.4 is 10.5 Å². The van der Waals surface area contributed by atoms with Gasteiger partial charge < -0.3 is 10.5 Å². The fraction of sp³-hybridized carbons (Fsp3) is 0.125. The third kappa shape index (κ3) is 3.03. The largest absolute Gasteiger partial charge is 0.497 e. The van der Waals surface area contributed by atoms with Crippen LogP contribution in [-0.2, 0) is 6.42 Å². The Labute approximate surface area is 127 Å². The fourth-order valence-corrected chi connectivity index (χ4v) is 3.00. The second kappa shape index (κ2) is 5.93. The van der Waals surface area contributed by atoms with Crippen LogP contribution in [0.1, 0.15) is 10.4 Å². The maximum Gasteiger partial charge on any atom is 0.180 e. The van der Waals surface area contributed by atoms with Crippen LogP contribution in [0.4, 0.5) is 5.13 Å². The molecule has 0 unspecified atom stereocenters. The van der Waals surface area contributed by atoms with Gasteiger partial charge in [0.15, 0.2) is 5.13 Å². The van der Waals surface area contributed by atoms with E-state index in [9.17, 15) is 0 Å². The molecule has 0 radical (unpaired) electrons. The number of nitrogen functional groups attached to an aromatic ring is 1. The molecule has 0 atom stereocenters. The van der Waals surface area contributed by atoms with Gasteiger partial charge in [-0.3, -0.25) is 4.98 Å². The summed E-state index contributed by atoms with van der Waals surface area (Å²) in [6.45, 7) is 0. The van der Waals surface area contributed by atoms with Crippen molar-refractivity contribution in [3.8, 4) is 17.1 Å². The van der Waals surface area contributed by atoms with Gasteiger partial charge in [-0.1, -0.05) is 18.2 Å².